The van der Waals surface area contributed by atoms with Gasteiger partial charge in [0.15, 0.2) is 11.5 Å². The van der Waals surface area contributed by atoms with Crippen LogP contribution in [-0.2, 0) is 0 Å². The maximum absolute atomic E-state index is 6.21. The Morgan fingerprint density at radius 3 is 2.52 bits per heavy atom. The Morgan fingerprint density at radius 1 is 0.920 bits per heavy atom. The van der Waals surface area contributed by atoms with E-state index < -0.39 is 0 Å². The van der Waals surface area contributed by atoms with Gasteiger partial charge < -0.3 is 10.5 Å². The molecule has 4 aromatic rings. The third kappa shape index (κ3) is 2.92. The Kier molecular flexibility index (Phi) is 3.82. The molecule has 5 heteroatoms. The number of nitrogens with two attached hydrogens (primary N) is 1. The van der Waals surface area contributed by atoms with E-state index in [2.05, 4.69) is 10.1 Å². The first kappa shape index (κ1) is 15.2. The monoisotopic (exact) mass is 330 g/mol. The minimum Gasteiger partial charge on any atom is -0.494 e. The van der Waals surface area contributed by atoms with E-state index in [4.69, 9.17) is 10.5 Å². The fraction of sp³-hybridized carbons (Fsp3) is 0.100. The maximum atomic E-state index is 6.21. The number of nitrogen functional groups attached to an aromatic ring is 1. The summed E-state index contributed by atoms with van der Waals surface area (Å²) < 4.78 is 7.25. The van der Waals surface area contributed by atoms with E-state index in [-0.39, 0.29) is 0 Å². The number of anilines is 1. The number of pyridine rings is 1. The van der Waals surface area contributed by atoms with E-state index in [1.54, 1.807) is 4.52 Å². The number of benzene rings is 2. The van der Waals surface area contributed by atoms with Crippen LogP contribution in [0, 0.1) is 0 Å². The van der Waals surface area contributed by atoms with Crippen LogP contribution in [0.25, 0.3) is 28.2 Å². The van der Waals surface area contributed by atoms with Gasteiger partial charge in [-0.15, -0.1) is 5.10 Å². The standard InChI is InChI=1S/C20H18N4O/c1-2-25-17-10-6-9-15(11-17)16-12-18(21)24-19(13-16)22-20(23-24)14-7-4-3-5-8-14/h3-13H,2,21H2,1H3. The second-order valence-corrected chi connectivity index (χ2v) is 5.70. The van der Waals surface area contributed by atoms with Gasteiger partial charge in [-0.2, -0.15) is 4.52 Å². The van der Waals surface area contributed by atoms with Gasteiger partial charge in [-0.05, 0) is 42.3 Å². The average molecular weight is 330 g/mol. The Hall–Kier alpha value is -3.34. The van der Waals surface area contributed by atoms with Gasteiger partial charge in [-0.25, -0.2) is 4.98 Å². The molecule has 0 saturated heterocycles. The molecule has 2 aromatic carbocycles. The van der Waals surface area contributed by atoms with Gasteiger partial charge in [0, 0.05) is 5.56 Å². The van der Waals surface area contributed by atoms with Gasteiger partial charge in [0.05, 0.1) is 6.61 Å². The van der Waals surface area contributed by atoms with Crippen molar-refractivity contribution in [1.29, 1.82) is 0 Å². The van der Waals surface area contributed by atoms with Crippen molar-refractivity contribution in [3.63, 3.8) is 0 Å². The van der Waals surface area contributed by atoms with E-state index in [0.717, 1.165) is 28.1 Å². The zero-order chi connectivity index (χ0) is 17.2. The Bertz CT molecular complexity index is 1020. The molecule has 2 heterocycles. The summed E-state index contributed by atoms with van der Waals surface area (Å²) in [5.41, 5.74) is 9.91. The zero-order valence-electron chi connectivity index (χ0n) is 13.9. The fourth-order valence-corrected chi connectivity index (χ4v) is 2.82. The molecule has 0 aliphatic heterocycles. The largest absolute Gasteiger partial charge is 0.494 e. The van der Waals surface area contributed by atoms with Gasteiger partial charge in [0.2, 0.25) is 0 Å². The highest BCUT2D eigenvalue weighted by Crippen LogP contribution is 2.27. The highest BCUT2D eigenvalue weighted by molar-refractivity contribution is 5.73. The second kappa shape index (κ2) is 6.28. The number of aromatic nitrogens is 3. The fourth-order valence-electron chi connectivity index (χ4n) is 2.82. The molecule has 0 aliphatic carbocycles. The summed E-state index contributed by atoms with van der Waals surface area (Å²) in [6.45, 7) is 2.60. The molecule has 0 aliphatic rings. The number of fused-ring (bicyclic) bond motifs is 1. The molecule has 2 aromatic heterocycles. The summed E-state index contributed by atoms with van der Waals surface area (Å²) in [5.74, 6) is 2.04. The molecule has 0 amide bonds. The average Bonchev–Trinajstić information content (AvgIpc) is 3.08. The first-order valence-electron chi connectivity index (χ1n) is 8.19. The topological polar surface area (TPSA) is 65.4 Å². The minimum atomic E-state index is 0.545. The SMILES string of the molecule is CCOc1cccc(-c2cc(N)n3nc(-c4ccccc4)nc3c2)c1. The quantitative estimate of drug-likeness (QED) is 0.613. The predicted octanol–water partition coefficient (Wildman–Crippen LogP) is 4.04. The van der Waals surface area contributed by atoms with Crippen molar-refractivity contribution in [2.24, 2.45) is 0 Å². The number of nitrogens with zero attached hydrogens (tertiary/aromatic N) is 3. The lowest BCUT2D eigenvalue weighted by Gasteiger charge is -2.07. The number of ether oxygens (including phenoxy) is 1. The van der Waals surface area contributed by atoms with Gasteiger partial charge in [0.1, 0.15) is 11.6 Å². The van der Waals surface area contributed by atoms with Crippen LogP contribution in [-0.4, -0.2) is 21.2 Å². The predicted molar refractivity (Wildman–Crippen MR) is 99.4 cm³/mol. The van der Waals surface area contributed by atoms with E-state index in [1.807, 2.05) is 73.7 Å². The van der Waals surface area contributed by atoms with Crippen LogP contribution in [0.3, 0.4) is 0 Å². The highest BCUT2D eigenvalue weighted by atomic mass is 16.5. The van der Waals surface area contributed by atoms with Gasteiger partial charge >= 0.3 is 0 Å². The summed E-state index contributed by atoms with van der Waals surface area (Å²) >= 11 is 0. The van der Waals surface area contributed by atoms with Crippen molar-refractivity contribution in [2.75, 3.05) is 12.3 Å². The second-order valence-electron chi connectivity index (χ2n) is 5.70. The summed E-state index contributed by atoms with van der Waals surface area (Å²) in [7, 11) is 0. The maximum Gasteiger partial charge on any atom is 0.182 e. The molecule has 2 N–H and O–H groups in total. The van der Waals surface area contributed by atoms with Crippen molar-refractivity contribution >= 4 is 11.5 Å². The van der Waals surface area contributed by atoms with Crippen LogP contribution < -0.4 is 10.5 Å². The van der Waals surface area contributed by atoms with E-state index >= 15 is 0 Å². The first-order valence-corrected chi connectivity index (χ1v) is 8.19. The van der Waals surface area contributed by atoms with Crippen LogP contribution in [0.15, 0.2) is 66.7 Å². The van der Waals surface area contributed by atoms with Crippen LogP contribution in [0.5, 0.6) is 5.75 Å². The Labute approximate surface area is 145 Å². The summed E-state index contributed by atoms with van der Waals surface area (Å²) in [6, 6.07) is 21.7. The van der Waals surface area contributed by atoms with Crippen molar-refractivity contribution in [3.8, 4) is 28.3 Å². The molecule has 4 rings (SSSR count). The molecule has 0 radical (unpaired) electrons. The zero-order valence-corrected chi connectivity index (χ0v) is 13.9. The molecule has 0 unspecified atom stereocenters. The Balaban J connectivity index is 1.80. The molecular weight excluding hydrogens is 312 g/mol. The molecule has 0 spiro atoms. The van der Waals surface area contributed by atoms with Gasteiger partial charge in [-0.1, -0.05) is 42.5 Å². The van der Waals surface area contributed by atoms with Crippen molar-refractivity contribution in [2.45, 2.75) is 6.92 Å². The van der Waals surface area contributed by atoms with Crippen LogP contribution >= 0.6 is 0 Å². The molecular formula is C20H18N4O. The molecule has 5 nitrogen and oxygen atoms in total. The Morgan fingerprint density at radius 2 is 1.72 bits per heavy atom. The molecule has 0 saturated carbocycles. The van der Waals surface area contributed by atoms with Crippen molar-refractivity contribution in [1.82, 2.24) is 14.6 Å². The van der Waals surface area contributed by atoms with Crippen LogP contribution in [0.4, 0.5) is 5.82 Å². The highest BCUT2D eigenvalue weighted by Gasteiger charge is 2.11. The number of rotatable bonds is 4. The van der Waals surface area contributed by atoms with Gasteiger partial charge in [0.25, 0.3) is 0 Å². The number of hydrogen-bond donors (Lipinski definition) is 1. The number of hydrogen-bond acceptors (Lipinski definition) is 4. The summed E-state index contributed by atoms with van der Waals surface area (Å²) in [4.78, 5) is 4.63. The molecule has 124 valence electrons. The van der Waals surface area contributed by atoms with Crippen LogP contribution in [0.1, 0.15) is 6.92 Å². The molecule has 25 heavy (non-hydrogen) atoms. The first-order chi connectivity index (χ1) is 12.2. The van der Waals surface area contributed by atoms with E-state index in [1.165, 1.54) is 0 Å². The molecule has 0 fully saturated rings. The van der Waals surface area contributed by atoms with E-state index in [0.29, 0.717) is 18.2 Å². The third-order valence-corrected chi connectivity index (χ3v) is 3.98. The van der Waals surface area contributed by atoms with Crippen molar-refractivity contribution < 1.29 is 4.74 Å². The third-order valence-electron chi connectivity index (χ3n) is 3.98. The van der Waals surface area contributed by atoms with Gasteiger partial charge in [-0.3, -0.25) is 0 Å². The minimum absolute atomic E-state index is 0.545. The lowest BCUT2D eigenvalue weighted by atomic mass is 10.1. The lowest BCUT2D eigenvalue weighted by Crippen LogP contribution is -1.99. The normalized spacial score (nSPS) is 10.9. The lowest BCUT2D eigenvalue weighted by molar-refractivity contribution is 0.340. The molecule has 0 atom stereocenters. The summed E-state index contributed by atoms with van der Waals surface area (Å²) in [5, 5.41) is 4.52. The van der Waals surface area contributed by atoms with Crippen molar-refractivity contribution in [3.05, 3.63) is 66.7 Å². The summed E-state index contributed by atoms with van der Waals surface area (Å²) in [6.07, 6.45) is 0. The smallest absolute Gasteiger partial charge is 0.182 e. The molecule has 0 bridgehead atoms. The van der Waals surface area contributed by atoms with Crippen LogP contribution in [0.2, 0.25) is 0 Å². The van der Waals surface area contributed by atoms with E-state index in [9.17, 15) is 0 Å².